The minimum Gasteiger partial charge on any atom is -0.490 e. The number of allylic oxidation sites excluding steroid dienone is 1. The third kappa shape index (κ3) is 4.50. The lowest BCUT2D eigenvalue weighted by Crippen LogP contribution is -2.39. The van der Waals surface area contributed by atoms with Crippen LogP contribution < -0.4 is 20.3 Å². The van der Waals surface area contributed by atoms with Gasteiger partial charge in [0.25, 0.3) is 5.91 Å². The number of aliphatic hydroxyl groups is 1. The van der Waals surface area contributed by atoms with Crippen LogP contribution in [0.3, 0.4) is 0 Å². The fraction of sp³-hybridized carbons (Fsp3) is 0.391. The van der Waals surface area contributed by atoms with Crippen LogP contribution in [0.4, 0.5) is 11.4 Å². The quantitative estimate of drug-likeness (QED) is 0.424. The summed E-state index contributed by atoms with van der Waals surface area (Å²) in [5.41, 5.74) is 1.27. The highest BCUT2D eigenvalue weighted by Crippen LogP contribution is 2.39. The zero-order valence-electron chi connectivity index (χ0n) is 17.9. The van der Waals surface area contributed by atoms with E-state index in [9.17, 15) is 15.2 Å². The van der Waals surface area contributed by atoms with Gasteiger partial charge < -0.3 is 30.8 Å². The van der Waals surface area contributed by atoms with E-state index in [0.29, 0.717) is 36.8 Å². The molecule has 4 rings (SSSR count). The Morgan fingerprint density at radius 3 is 2.91 bits per heavy atom. The molecule has 1 aromatic carbocycles. The highest BCUT2D eigenvalue weighted by molar-refractivity contribution is 6.18. The first-order valence-electron chi connectivity index (χ1n) is 10.6. The van der Waals surface area contributed by atoms with Crippen LogP contribution in [-0.2, 0) is 11.2 Å². The molecule has 166 valence electrons. The average molecular weight is 435 g/mol. The molecule has 0 saturated carbocycles. The van der Waals surface area contributed by atoms with Gasteiger partial charge in [-0.15, -0.1) is 0 Å². The number of nitrogens with zero attached hydrogens (tertiary/aromatic N) is 3. The standard InChI is InChI=1S/C23H26N6O3/c1-23(31)11-16-9-18(28-22(30)17(13-25)21-26-5-2-6-27-21)19(10-20(16)32-14-23)29-7-3-15(12-24)4-8-29/h2,5-6,9-10,13,15,25-26,31H,3-4,7-8,11,14H2,1H3,(H,28,30)/b21-17-,25-13?/t23-/m1/s1. The summed E-state index contributed by atoms with van der Waals surface area (Å²) in [5, 5.41) is 33.2. The van der Waals surface area contributed by atoms with E-state index in [-0.39, 0.29) is 18.1 Å². The smallest absolute Gasteiger partial charge is 0.261 e. The summed E-state index contributed by atoms with van der Waals surface area (Å²) in [6.07, 6.45) is 7.75. The van der Waals surface area contributed by atoms with E-state index in [1.807, 2.05) is 12.1 Å². The molecule has 0 aliphatic carbocycles. The lowest BCUT2D eigenvalue weighted by Gasteiger charge is -2.35. The summed E-state index contributed by atoms with van der Waals surface area (Å²) in [6.45, 7) is 3.29. The fourth-order valence-electron chi connectivity index (χ4n) is 4.10. The summed E-state index contributed by atoms with van der Waals surface area (Å²) in [7, 11) is 0. The van der Waals surface area contributed by atoms with Crippen molar-refractivity contribution >= 4 is 29.7 Å². The van der Waals surface area contributed by atoms with Gasteiger partial charge in [0.1, 0.15) is 18.2 Å². The summed E-state index contributed by atoms with van der Waals surface area (Å²) in [4.78, 5) is 19.3. The molecule has 0 unspecified atom stereocenters. The van der Waals surface area contributed by atoms with Gasteiger partial charge in [-0.1, -0.05) is 0 Å². The van der Waals surface area contributed by atoms with Crippen LogP contribution in [0, 0.1) is 22.7 Å². The van der Waals surface area contributed by atoms with Crippen LogP contribution in [-0.4, -0.2) is 48.7 Å². The highest BCUT2D eigenvalue weighted by Gasteiger charge is 2.31. The maximum atomic E-state index is 13.1. The third-order valence-electron chi connectivity index (χ3n) is 5.81. The molecule has 1 saturated heterocycles. The first-order chi connectivity index (χ1) is 15.4. The number of piperidine rings is 1. The maximum absolute atomic E-state index is 13.1. The first-order valence-corrected chi connectivity index (χ1v) is 10.6. The second kappa shape index (κ2) is 8.85. The number of rotatable bonds is 4. The molecular weight excluding hydrogens is 408 g/mol. The Kier molecular flexibility index (Phi) is 5.97. The summed E-state index contributed by atoms with van der Waals surface area (Å²) < 4.78 is 5.81. The summed E-state index contributed by atoms with van der Waals surface area (Å²) in [5.74, 6) is 0.541. The van der Waals surface area contributed by atoms with Gasteiger partial charge in [-0.3, -0.25) is 4.79 Å². The predicted molar refractivity (Wildman–Crippen MR) is 122 cm³/mol. The van der Waals surface area contributed by atoms with Crippen LogP contribution in [0.15, 0.2) is 40.8 Å². The van der Waals surface area contributed by atoms with Crippen molar-refractivity contribution in [3.8, 4) is 11.8 Å². The van der Waals surface area contributed by atoms with Crippen LogP contribution >= 0.6 is 0 Å². The molecule has 1 atom stereocenters. The van der Waals surface area contributed by atoms with Gasteiger partial charge in [0.15, 0.2) is 0 Å². The molecule has 3 aliphatic heterocycles. The first kappa shape index (κ1) is 21.6. The monoisotopic (exact) mass is 434 g/mol. The molecule has 9 heteroatoms. The number of aliphatic imine (C=N–C) groups is 1. The van der Waals surface area contributed by atoms with Crippen LogP contribution in [0.25, 0.3) is 0 Å². The molecule has 9 nitrogen and oxygen atoms in total. The number of nitrogens with one attached hydrogen (secondary N) is 3. The molecule has 4 N–H and O–H groups in total. The minimum absolute atomic E-state index is 0.0332. The van der Waals surface area contributed by atoms with Crippen molar-refractivity contribution in [1.29, 1.82) is 10.7 Å². The Balaban J connectivity index is 1.68. The van der Waals surface area contributed by atoms with E-state index >= 15 is 0 Å². The fourth-order valence-corrected chi connectivity index (χ4v) is 4.10. The van der Waals surface area contributed by atoms with Gasteiger partial charge in [0.05, 0.1) is 28.6 Å². The number of benzene rings is 1. The van der Waals surface area contributed by atoms with E-state index < -0.39 is 11.5 Å². The minimum atomic E-state index is -0.990. The molecule has 1 aromatic rings. The maximum Gasteiger partial charge on any atom is 0.261 e. The van der Waals surface area contributed by atoms with Crippen molar-refractivity contribution in [1.82, 2.24) is 5.32 Å². The van der Waals surface area contributed by atoms with Gasteiger partial charge >= 0.3 is 0 Å². The number of carbonyl (C=O) groups is 1. The number of fused-ring (bicyclic) bond motifs is 1. The Labute approximate surface area is 186 Å². The van der Waals surface area contributed by atoms with Gasteiger partial charge in [0.2, 0.25) is 0 Å². The molecular formula is C23H26N6O3. The van der Waals surface area contributed by atoms with Crippen LogP contribution in [0.1, 0.15) is 25.3 Å². The molecule has 1 amide bonds. The number of carbonyl (C=O) groups excluding carboxylic acids is 1. The molecule has 0 radical (unpaired) electrons. The number of hydrogen-bond acceptors (Lipinski definition) is 8. The predicted octanol–water partition coefficient (Wildman–Crippen LogP) is 2.10. The molecule has 1 fully saturated rings. The number of anilines is 2. The van der Waals surface area contributed by atoms with Crippen molar-refractivity contribution in [3.05, 3.63) is 41.4 Å². The van der Waals surface area contributed by atoms with Gasteiger partial charge in [-0.05, 0) is 37.5 Å². The summed E-state index contributed by atoms with van der Waals surface area (Å²) >= 11 is 0. The SMILES string of the molecule is C[C@]1(O)COc2cc(N3CCC(C#N)CC3)c(NC(=O)/C(C=N)=C3\N=CC=CN3)cc2C1. The van der Waals surface area contributed by atoms with Crippen molar-refractivity contribution in [2.75, 3.05) is 29.9 Å². The van der Waals surface area contributed by atoms with Crippen molar-refractivity contribution in [2.45, 2.75) is 31.8 Å². The number of nitriles is 1. The van der Waals surface area contributed by atoms with Gasteiger partial charge in [0, 0.05) is 50.1 Å². The zero-order chi connectivity index (χ0) is 22.7. The second-order valence-corrected chi connectivity index (χ2v) is 8.47. The lowest BCUT2D eigenvalue weighted by molar-refractivity contribution is -0.112. The zero-order valence-corrected chi connectivity index (χ0v) is 17.9. The Bertz CT molecular complexity index is 1060. The molecule has 0 bridgehead atoms. The number of amides is 1. The van der Waals surface area contributed by atoms with E-state index in [1.165, 1.54) is 0 Å². The van der Waals surface area contributed by atoms with E-state index in [1.54, 1.807) is 25.4 Å². The van der Waals surface area contributed by atoms with E-state index in [2.05, 4.69) is 26.6 Å². The Morgan fingerprint density at radius 1 is 1.47 bits per heavy atom. The molecule has 32 heavy (non-hydrogen) atoms. The highest BCUT2D eigenvalue weighted by atomic mass is 16.5. The van der Waals surface area contributed by atoms with Crippen molar-refractivity contribution in [2.24, 2.45) is 10.9 Å². The summed E-state index contributed by atoms with van der Waals surface area (Å²) in [6, 6.07) is 6.06. The molecule has 0 aromatic heterocycles. The van der Waals surface area contributed by atoms with E-state index in [0.717, 1.165) is 30.3 Å². The topological polar surface area (TPSA) is 134 Å². The van der Waals surface area contributed by atoms with Crippen LogP contribution in [0.5, 0.6) is 5.75 Å². The Morgan fingerprint density at radius 2 is 2.25 bits per heavy atom. The second-order valence-electron chi connectivity index (χ2n) is 8.47. The van der Waals surface area contributed by atoms with Crippen LogP contribution in [0.2, 0.25) is 0 Å². The molecule has 3 aliphatic rings. The van der Waals surface area contributed by atoms with Crippen molar-refractivity contribution in [3.63, 3.8) is 0 Å². The van der Waals surface area contributed by atoms with Gasteiger partial charge in [-0.25, -0.2) is 4.99 Å². The number of ether oxygens (including phenoxy) is 1. The normalized spacial score (nSPS) is 24.0. The molecule has 0 spiro atoms. The average Bonchev–Trinajstić information content (AvgIpc) is 2.79. The third-order valence-corrected chi connectivity index (χ3v) is 5.81. The largest absolute Gasteiger partial charge is 0.490 e. The van der Waals surface area contributed by atoms with Gasteiger partial charge in [-0.2, -0.15) is 5.26 Å². The van der Waals surface area contributed by atoms with Crippen molar-refractivity contribution < 1.29 is 14.6 Å². The molecule has 3 heterocycles. The van der Waals surface area contributed by atoms with E-state index in [4.69, 9.17) is 10.1 Å². The Hall–Kier alpha value is -3.64. The lowest BCUT2D eigenvalue weighted by atomic mass is 9.92. The number of hydrogen-bond donors (Lipinski definition) is 4.